The topological polar surface area (TPSA) is 78.5 Å². The third kappa shape index (κ3) is 5.30. The Labute approximate surface area is 161 Å². The highest BCUT2D eigenvalue weighted by molar-refractivity contribution is 7.89. The highest BCUT2D eigenvalue weighted by Gasteiger charge is 2.22. The number of nitrogens with one attached hydrogen (secondary N) is 2. The molecule has 0 unspecified atom stereocenters. The van der Waals surface area contributed by atoms with Crippen molar-refractivity contribution in [1.29, 1.82) is 0 Å². The van der Waals surface area contributed by atoms with E-state index < -0.39 is 10.0 Å². The number of hydrogen-bond acceptors (Lipinski definition) is 4. The van der Waals surface area contributed by atoms with Gasteiger partial charge in [0, 0.05) is 24.5 Å². The van der Waals surface area contributed by atoms with E-state index in [1.165, 1.54) is 4.31 Å². The van der Waals surface area contributed by atoms with Crippen LogP contribution in [0.25, 0.3) is 0 Å². The third-order valence-corrected chi connectivity index (χ3v) is 6.34. The molecule has 2 aromatic carbocycles. The summed E-state index contributed by atoms with van der Waals surface area (Å²) < 4.78 is 26.8. The second-order valence-electron chi connectivity index (χ2n) is 6.34. The molecule has 2 aromatic rings. The van der Waals surface area contributed by atoms with Crippen LogP contribution in [0.2, 0.25) is 0 Å². The highest BCUT2D eigenvalue weighted by atomic mass is 32.2. The van der Waals surface area contributed by atoms with Gasteiger partial charge in [-0.1, -0.05) is 32.0 Å². The first kappa shape index (κ1) is 20.9. The number of hydrogen-bond donors (Lipinski definition) is 2. The Hall–Kier alpha value is -2.38. The maximum absolute atomic E-state index is 12.7. The van der Waals surface area contributed by atoms with Crippen molar-refractivity contribution in [3.8, 4) is 0 Å². The fourth-order valence-electron chi connectivity index (χ4n) is 2.77. The summed E-state index contributed by atoms with van der Waals surface area (Å²) in [6.07, 6.45) is 0. The molecule has 0 bridgehead atoms. The molecule has 0 heterocycles. The van der Waals surface area contributed by atoms with Crippen LogP contribution >= 0.6 is 0 Å². The van der Waals surface area contributed by atoms with E-state index in [2.05, 4.69) is 10.6 Å². The Balaban J connectivity index is 2.11. The molecule has 0 saturated carbocycles. The maximum atomic E-state index is 12.7. The van der Waals surface area contributed by atoms with Crippen LogP contribution in [0, 0.1) is 13.8 Å². The molecule has 0 aromatic heterocycles. The Morgan fingerprint density at radius 2 is 1.74 bits per heavy atom. The lowest BCUT2D eigenvalue weighted by Gasteiger charge is -2.19. The Kier molecular flexibility index (Phi) is 6.98. The minimum absolute atomic E-state index is 0.0452. The van der Waals surface area contributed by atoms with Crippen molar-refractivity contribution in [2.75, 3.05) is 30.3 Å². The van der Waals surface area contributed by atoms with Gasteiger partial charge in [-0.2, -0.15) is 4.31 Å². The molecule has 0 saturated heterocycles. The van der Waals surface area contributed by atoms with Gasteiger partial charge in [-0.3, -0.25) is 4.79 Å². The van der Waals surface area contributed by atoms with E-state index in [1.807, 2.05) is 52.0 Å². The zero-order valence-electron chi connectivity index (χ0n) is 16.2. The predicted molar refractivity (Wildman–Crippen MR) is 110 cm³/mol. The summed E-state index contributed by atoms with van der Waals surface area (Å²) >= 11 is 0. The van der Waals surface area contributed by atoms with Crippen molar-refractivity contribution in [3.63, 3.8) is 0 Å². The molecule has 0 atom stereocenters. The maximum Gasteiger partial charge on any atom is 0.243 e. The third-order valence-electron chi connectivity index (χ3n) is 4.29. The average Bonchev–Trinajstić information content (AvgIpc) is 2.61. The number of anilines is 2. The second-order valence-corrected chi connectivity index (χ2v) is 8.28. The molecule has 0 aliphatic carbocycles. The number of rotatable bonds is 8. The lowest BCUT2D eigenvalue weighted by molar-refractivity contribution is -0.114. The summed E-state index contributed by atoms with van der Waals surface area (Å²) in [6, 6.07) is 12.5. The van der Waals surface area contributed by atoms with Crippen molar-refractivity contribution in [2.24, 2.45) is 0 Å². The van der Waals surface area contributed by atoms with Crippen molar-refractivity contribution in [2.45, 2.75) is 32.6 Å². The van der Waals surface area contributed by atoms with E-state index in [-0.39, 0.29) is 17.3 Å². The lowest BCUT2D eigenvalue weighted by Crippen LogP contribution is -2.30. The Bertz CT molecular complexity index is 906. The molecule has 0 fully saturated rings. The van der Waals surface area contributed by atoms with E-state index in [1.54, 1.807) is 18.2 Å². The van der Waals surface area contributed by atoms with Crippen LogP contribution in [0.5, 0.6) is 0 Å². The van der Waals surface area contributed by atoms with Crippen LogP contribution in [-0.2, 0) is 14.8 Å². The van der Waals surface area contributed by atoms with Gasteiger partial charge in [0.15, 0.2) is 0 Å². The normalized spacial score (nSPS) is 11.4. The molecule has 27 heavy (non-hydrogen) atoms. The second kappa shape index (κ2) is 9.01. The number of amides is 1. The molecular weight excluding hydrogens is 362 g/mol. The summed E-state index contributed by atoms with van der Waals surface area (Å²) in [5.74, 6) is -0.197. The molecule has 0 spiro atoms. The number of benzene rings is 2. The minimum atomic E-state index is -3.54. The smallest absolute Gasteiger partial charge is 0.243 e. The first-order valence-corrected chi connectivity index (χ1v) is 10.4. The van der Waals surface area contributed by atoms with Crippen LogP contribution in [0.3, 0.4) is 0 Å². The van der Waals surface area contributed by atoms with Crippen molar-refractivity contribution >= 4 is 27.3 Å². The predicted octanol–water partition coefficient (Wildman–Crippen LogP) is 3.38. The van der Waals surface area contributed by atoms with Gasteiger partial charge in [-0.15, -0.1) is 0 Å². The number of sulfonamides is 1. The summed E-state index contributed by atoms with van der Waals surface area (Å²) in [5, 5.41) is 5.87. The van der Waals surface area contributed by atoms with Crippen LogP contribution in [-0.4, -0.2) is 38.3 Å². The first-order chi connectivity index (χ1) is 12.8. The average molecular weight is 390 g/mol. The molecule has 1 amide bonds. The van der Waals surface area contributed by atoms with Gasteiger partial charge < -0.3 is 10.6 Å². The monoisotopic (exact) mass is 389 g/mol. The summed E-state index contributed by atoms with van der Waals surface area (Å²) in [5.41, 5.74) is 3.29. The zero-order chi connectivity index (χ0) is 20.0. The molecule has 146 valence electrons. The number of carbonyl (C=O) groups excluding carboxylic acids is 1. The van der Waals surface area contributed by atoms with E-state index >= 15 is 0 Å². The molecule has 0 aliphatic rings. The van der Waals surface area contributed by atoms with Gasteiger partial charge in [0.25, 0.3) is 0 Å². The molecule has 7 heteroatoms. The minimum Gasteiger partial charge on any atom is -0.376 e. The van der Waals surface area contributed by atoms with Crippen LogP contribution < -0.4 is 10.6 Å². The zero-order valence-corrected chi connectivity index (χ0v) is 17.1. The molecule has 6 nitrogen and oxygen atoms in total. The van der Waals surface area contributed by atoms with Gasteiger partial charge in [0.05, 0.1) is 11.4 Å². The highest BCUT2D eigenvalue weighted by Crippen LogP contribution is 2.23. The number of aryl methyl sites for hydroxylation is 2. The van der Waals surface area contributed by atoms with Gasteiger partial charge in [0.2, 0.25) is 15.9 Å². The SMILES string of the molecule is CCN(CC)S(=O)(=O)c1ccc(C)c(NCC(=O)Nc2cccc(C)c2)c1. The Morgan fingerprint density at radius 1 is 1.04 bits per heavy atom. The summed E-state index contributed by atoms with van der Waals surface area (Å²) in [6.45, 7) is 8.31. The molecular formula is C20H27N3O3S. The van der Waals surface area contributed by atoms with Gasteiger partial charge in [0.1, 0.15) is 0 Å². The standard InChI is InChI=1S/C20H27N3O3S/c1-5-23(6-2)27(25,26)18-11-10-16(4)19(13-18)21-14-20(24)22-17-9-7-8-15(3)12-17/h7-13,21H,5-6,14H2,1-4H3,(H,22,24). The van der Waals surface area contributed by atoms with E-state index in [4.69, 9.17) is 0 Å². The number of nitrogens with zero attached hydrogens (tertiary/aromatic N) is 1. The summed E-state index contributed by atoms with van der Waals surface area (Å²) in [7, 11) is -3.54. The molecule has 0 aliphatic heterocycles. The van der Waals surface area contributed by atoms with E-state index in [0.29, 0.717) is 18.8 Å². The van der Waals surface area contributed by atoms with Gasteiger partial charge >= 0.3 is 0 Å². The van der Waals surface area contributed by atoms with Crippen molar-refractivity contribution in [3.05, 3.63) is 53.6 Å². The van der Waals surface area contributed by atoms with Crippen LogP contribution in [0.4, 0.5) is 11.4 Å². The Morgan fingerprint density at radius 3 is 2.37 bits per heavy atom. The van der Waals surface area contributed by atoms with Gasteiger partial charge in [-0.05, 0) is 49.2 Å². The summed E-state index contributed by atoms with van der Waals surface area (Å²) in [4.78, 5) is 12.4. The van der Waals surface area contributed by atoms with Crippen molar-refractivity contribution in [1.82, 2.24) is 4.31 Å². The fourth-order valence-corrected chi connectivity index (χ4v) is 4.25. The first-order valence-electron chi connectivity index (χ1n) is 8.99. The molecule has 2 rings (SSSR count). The quantitative estimate of drug-likeness (QED) is 0.725. The molecule has 0 radical (unpaired) electrons. The van der Waals surface area contributed by atoms with E-state index in [9.17, 15) is 13.2 Å². The molecule has 2 N–H and O–H groups in total. The van der Waals surface area contributed by atoms with Crippen LogP contribution in [0.1, 0.15) is 25.0 Å². The lowest BCUT2D eigenvalue weighted by atomic mass is 10.2. The van der Waals surface area contributed by atoms with Crippen molar-refractivity contribution < 1.29 is 13.2 Å². The van der Waals surface area contributed by atoms with E-state index in [0.717, 1.165) is 16.8 Å². The van der Waals surface area contributed by atoms with Crippen LogP contribution in [0.15, 0.2) is 47.4 Å². The number of carbonyl (C=O) groups is 1. The fraction of sp³-hybridized carbons (Fsp3) is 0.350. The van der Waals surface area contributed by atoms with Gasteiger partial charge in [-0.25, -0.2) is 8.42 Å². The largest absolute Gasteiger partial charge is 0.376 e.